The van der Waals surface area contributed by atoms with Crippen LogP contribution in [0.3, 0.4) is 0 Å². The third-order valence-electron chi connectivity index (χ3n) is 5.19. The average molecular weight is 501 g/mol. The van der Waals surface area contributed by atoms with Gasteiger partial charge in [0.15, 0.2) is 0 Å². The number of hydrogen-bond acceptors (Lipinski definition) is 5. The molecule has 0 bridgehead atoms. The van der Waals surface area contributed by atoms with Crippen molar-refractivity contribution < 1.29 is 22.7 Å². The Morgan fingerprint density at radius 2 is 1.59 bits per heavy atom. The molecule has 0 saturated heterocycles. The largest absolute Gasteiger partial charge is 0.465 e. The number of carbonyl (C=O) groups is 2. The fourth-order valence-electron chi connectivity index (χ4n) is 3.31. The Labute approximate surface area is 204 Å². The number of hydrogen-bond donors (Lipinski definition) is 1. The molecule has 1 N–H and O–H groups in total. The molecular weight excluding hydrogens is 476 g/mol. The van der Waals surface area contributed by atoms with Gasteiger partial charge < -0.3 is 10.1 Å². The van der Waals surface area contributed by atoms with Crippen molar-refractivity contribution in [2.45, 2.75) is 25.7 Å². The van der Waals surface area contributed by atoms with Crippen LogP contribution in [0.25, 0.3) is 0 Å². The van der Waals surface area contributed by atoms with E-state index in [-0.39, 0.29) is 21.2 Å². The fraction of sp³-hybridized carbons (Fsp3) is 0.200. The van der Waals surface area contributed by atoms with Gasteiger partial charge in [-0.2, -0.15) is 0 Å². The van der Waals surface area contributed by atoms with Gasteiger partial charge in [-0.05, 0) is 68.3 Å². The summed E-state index contributed by atoms with van der Waals surface area (Å²) in [4.78, 5) is 24.9. The lowest BCUT2D eigenvalue weighted by atomic mass is 10.1. The van der Waals surface area contributed by atoms with E-state index in [0.29, 0.717) is 11.3 Å². The topological polar surface area (TPSA) is 92.8 Å². The summed E-state index contributed by atoms with van der Waals surface area (Å²) in [6, 6.07) is 16.1. The van der Waals surface area contributed by atoms with Crippen LogP contribution in [0.15, 0.2) is 65.6 Å². The number of aryl methyl sites for hydroxylation is 3. The quantitative estimate of drug-likeness (QED) is 0.466. The number of halogens is 1. The number of carbonyl (C=O) groups excluding carboxylic acids is 2. The van der Waals surface area contributed by atoms with Gasteiger partial charge in [0.25, 0.3) is 10.0 Å². The third kappa shape index (κ3) is 5.58. The van der Waals surface area contributed by atoms with Gasteiger partial charge in [-0.3, -0.25) is 9.10 Å². The van der Waals surface area contributed by atoms with Crippen molar-refractivity contribution in [1.82, 2.24) is 0 Å². The Morgan fingerprint density at radius 1 is 0.941 bits per heavy atom. The summed E-state index contributed by atoms with van der Waals surface area (Å²) in [6.07, 6.45) is 0. The van der Waals surface area contributed by atoms with Crippen LogP contribution in [0.4, 0.5) is 11.4 Å². The standard InChI is InChI=1S/C25H25ClN2O5S/c1-16-6-10-20(11-7-16)34(31,32)28(23-13-17(2)5-8-18(23)3)15-24(29)27-22-14-19(25(30)33-4)9-12-21(22)26/h5-14H,15H2,1-4H3,(H,27,29). The minimum absolute atomic E-state index is 0.0672. The molecule has 0 aliphatic rings. The number of anilines is 2. The monoisotopic (exact) mass is 500 g/mol. The van der Waals surface area contributed by atoms with Crippen LogP contribution in [-0.2, 0) is 19.6 Å². The van der Waals surface area contributed by atoms with Crippen LogP contribution in [0, 0.1) is 20.8 Å². The highest BCUT2D eigenvalue weighted by atomic mass is 35.5. The summed E-state index contributed by atoms with van der Waals surface area (Å²) in [5.41, 5.74) is 3.21. The number of sulfonamides is 1. The van der Waals surface area contributed by atoms with Crippen LogP contribution in [0.1, 0.15) is 27.0 Å². The van der Waals surface area contributed by atoms with E-state index in [1.165, 1.54) is 37.4 Å². The van der Waals surface area contributed by atoms with Crippen molar-refractivity contribution in [2.24, 2.45) is 0 Å². The first-order valence-electron chi connectivity index (χ1n) is 10.4. The molecule has 0 unspecified atom stereocenters. The van der Waals surface area contributed by atoms with Gasteiger partial charge in [-0.1, -0.05) is 41.4 Å². The first kappa shape index (κ1) is 25.3. The van der Waals surface area contributed by atoms with E-state index in [1.54, 1.807) is 31.2 Å². The molecule has 0 aromatic heterocycles. The van der Waals surface area contributed by atoms with E-state index in [9.17, 15) is 18.0 Å². The van der Waals surface area contributed by atoms with Crippen molar-refractivity contribution in [3.63, 3.8) is 0 Å². The molecule has 0 aliphatic heterocycles. The smallest absolute Gasteiger partial charge is 0.337 e. The molecule has 0 fully saturated rings. The predicted molar refractivity (Wildman–Crippen MR) is 133 cm³/mol. The van der Waals surface area contributed by atoms with Gasteiger partial charge >= 0.3 is 5.97 Å². The molecule has 3 aromatic rings. The molecule has 7 nitrogen and oxygen atoms in total. The minimum atomic E-state index is -4.07. The first-order valence-corrected chi connectivity index (χ1v) is 12.2. The minimum Gasteiger partial charge on any atom is -0.465 e. The first-order chi connectivity index (χ1) is 16.0. The van der Waals surface area contributed by atoms with Gasteiger partial charge in [-0.15, -0.1) is 0 Å². The molecule has 0 spiro atoms. The number of ether oxygens (including phenoxy) is 1. The normalized spacial score (nSPS) is 11.1. The summed E-state index contributed by atoms with van der Waals surface area (Å²) in [6.45, 7) is 4.98. The van der Waals surface area contributed by atoms with E-state index < -0.39 is 28.4 Å². The molecule has 0 aliphatic carbocycles. The van der Waals surface area contributed by atoms with Crippen LogP contribution < -0.4 is 9.62 Å². The molecular formula is C25H25ClN2O5S. The molecule has 34 heavy (non-hydrogen) atoms. The van der Waals surface area contributed by atoms with Gasteiger partial charge in [-0.25, -0.2) is 13.2 Å². The summed E-state index contributed by atoms with van der Waals surface area (Å²) >= 11 is 6.19. The summed E-state index contributed by atoms with van der Waals surface area (Å²) in [5.74, 6) is -1.22. The predicted octanol–water partition coefficient (Wildman–Crippen LogP) is 4.89. The number of esters is 1. The molecule has 3 rings (SSSR count). The lowest BCUT2D eigenvalue weighted by Crippen LogP contribution is -2.38. The Balaban J connectivity index is 2.00. The molecule has 0 radical (unpaired) electrons. The molecule has 1 amide bonds. The highest BCUT2D eigenvalue weighted by Crippen LogP contribution is 2.29. The molecule has 0 saturated carbocycles. The van der Waals surface area contributed by atoms with Crippen molar-refractivity contribution >= 4 is 44.9 Å². The summed E-state index contributed by atoms with van der Waals surface area (Å²) in [5, 5.41) is 2.81. The van der Waals surface area contributed by atoms with Crippen molar-refractivity contribution in [1.29, 1.82) is 0 Å². The average Bonchev–Trinajstić information content (AvgIpc) is 2.80. The van der Waals surface area contributed by atoms with E-state index in [4.69, 9.17) is 16.3 Å². The van der Waals surface area contributed by atoms with E-state index in [1.807, 2.05) is 19.9 Å². The van der Waals surface area contributed by atoms with E-state index in [2.05, 4.69) is 5.32 Å². The van der Waals surface area contributed by atoms with Gasteiger partial charge in [0.1, 0.15) is 6.54 Å². The number of rotatable bonds is 7. The molecule has 3 aromatic carbocycles. The lowest BCUT2D eigenvalue weighted by Gasteiger charge is -2.26. The van der Waals surface area contributed by atoms with Crippen LogP contribution in [0.2, 0.25) is 5.02 Å². The molecule has 178 valence electrons. The maximum Gasteiger partial charge on any atom is 0.337 e. The zero-order valence-electron chi connectivity index (χ0n) is 19.3. The number of amides is 1. The second-order valence-electron chi connectivity index (χ2n) is 7.85. The number of nitrogens with one attached hydrogen (secondary N) is 1. The van der Waals surface area contributed by atoms with Gasteiger partial charge in [0.2, 0.25) is 5.91 Å². The molecule has 9 heteroatoms. The summed E-state index contributed by atoms with van der Waals surface area (Å²) in [7, 11) is -2.82. The Kier molecular flexibility index (Phi) is 7.64. The van der Waals surface area contributed by atoms with Gasteiger partial charge in [0.05, 0.1) is 34.0 Å². The maximum absolute atomic E-state index is 13.6. The Bertz CT molecular complexity index is 1340. The van der Waals surface area contributed by atoms with Crippen LogP contribution in [0.5, 0.6) is 0 Å². The number of methoxy groups -OCH3 is 1. The van der Waals surface area contributed by atoms with Crippen molar-refractivity contribution in [3.05, 3.63) is 87.9 Å². The Hall–Kier alpha value is -3.36. The van der Waals surface area contributed by atoms with Crippen LogP contribution in [-0.4, -0.2) is 33.9 Å². The fourth-order valence-corrected chi connectivity index (χ4v) is 4.95. The number of nitrogens with zero attached hydrogens (tertiary/aromatic N) is 1. The zero-order chi connectivity index (χ0) is 25.0. The van der Waals surface area contributed by atoms with Crippen LogP contribution >= 0.6 is 11.6 Å². The van der Waals surface area contributed by atoms with E-state index >= 15 is 0 Å². The third-order valence-corrected chi connectivity index (χ3v) is 7.29. The highest BCUT2D eigenvalue weighted by Gasteiger charge is 2.28. The second kappa shape index (κ2) is 10.3. The van der Waals surface area contributed by atoms with Crippen molar-refractivity contribution in [3.8, 4) is 0 Å². The summed E-state index contributed by atoms with van der Waals surface area (Å²) < 4.78 is 33.0. The number of benzene rings is 3. The van der Waals surface area contributed by atoms with Gasteiger partial charge in [0, 0.05) is 0 Å². The molecule has 0 heterocycles. The van der Waals surface area contributed by atoms with E-state index in [0.717, 1.165) is 15.4 Å². The lowest BCUT2D eigenvalue weighted by molar-refractivity contribution is -0.114. The van der Waals surface area contributed by atoms with Crippen molar-refractivity contribution in [2.75, 3.05) is 23.3 Å². The Morgan fingerprint density at radius 3 is 2.24 bits per heavy atom. The maximum atomic E-state index is 13.6. The zero-order valence-corrected chi connectivity index (χ0v) is 20.8. The second-order valence-corrected chi connectivity index (χ2v) is 10.1. The highest BCUT2D eigenvalue weighted by molar-refractivity contribution is 7.92. The SMILES string of the molecule is COC(=O)c1ccc(Cl)c(NC(=O)CN(c2cc(C)ccc2C)S(=O)(=O)c2ccc(C)cc2)c1. The molecule has 0 atom stereocenters.